The molecule has 26 heavy (non-hydrogen) atoms. The molecule has 1 N–H and O–H groups in total. The van der Waals surface area contributed by atoms with Gasteiger partial charge in [-0.2, -0.15) is 0 Å². The van der Waals surface area contributed by atoms with Gasteiger partial charge in [-0.25, -0.2) is 0 Å². The number of methoxy groups -OCH3 is 1. The number of carbonyl (C=O) groups excluding carboxylic acids is 1. The number of fused-ring (bicyclic) bond motifs is 2. The second kappa shape index (κ2) is 6.82. The van der Waals surface area contributed by atoms with Crippen LogP contribution >= 0.6 is 0 Å². The van der Waals surface area contributed by atoms with E-state index < -0.39 is 11.9 Å². The molecular weight excluding hydrogens is 332 g/mol. The fourth-order valence-corrected chi connectivity index (χ4v) is 5.19. The summed E-state index contributed by atoms with van der Waals surface area (Å²) in [5, 5.41) is 9.60. The van der Waals surface area contributed by atoms with E-state index in [2.05, 4.69) is 4.90 Å². The molecule has 6 heteroatoms. The summed E-state index contributed by atoms with van der Waals surface area (Å²) in [6.45, 7) is 2.86. The lowest BCUT2D eigenvalue weighted by molar-refractivity contribution is -0.153. The van der Waals surface area contributed by atoms with Crippen LogP contribution in [0.1, 0.15) is 19.3 Å². The summed E-state index contributed by atoms with van der Waals surface area (Å²) >= 11 is 0. The van der Waals surface area contributed by atoms with Crippen LogP contribution in [0, 0.1) is 23.7 Å². The maximum absolute atomic E-state index is 13.1. The largest absolute Gasteiger partial charge is 0.497 e. The zero-order valence-electron chi connectivity index (χ0n) is 15.1. The summed E-state index contributed by atoms with van der Waals surface area (Å²) in [6.07, 6.45) is 2.90. The van der Waals surface area contributed by atoms with Crippen molar-refractivity contribution in [3.8, 4) is 5.75 Å². The summed E-state index contributed by atoms with van der Waals surface area (Å²) in [6, 6.07) is 7.96. The van der Waals surface area contributed by atoms with Crippen molar-refractivity contribution in [3.05, 3.63) is 24.3 Å². The molecule has 1 aliphatic heterocycles. The van der Waals surface area contributed by atoms with Crippen molar-refractivity contribution >= 4 is 17.6 Å². The van der Waals surface area contributed by atoms with E-state index in [0.717, 1.165) is 43.8 Å². The van der Waals surface area contributed by atoms with Crippen molar-refractivity contribution in [2.45, 2.75) is 19.3 Å². The third kappa shape index (κ3) is 2.91. The predicted molar refractivity (Wildman–Crippen MR) is 97.2 cm³/mol. The highest BCUT2D eigenvalue weighted by Crippen LogP contribution is 2.53. The average molecular weight is 358 g/mol. The number of hydrogen-bond acceptors (Lipinski definition) is 4. The molecule has 6 nitrogen and oxygen atoms in total. The summed E-state index contributed by atoms with van der Waals surface area (Å²) in [5.74, 6) is -0.190. The van der Waals surface area contributed by atoms with Crippen LogP contribution in [0.25, 0.3) is 0 Å². The molecule has 2 saturated carbocycles. The summed E-state index contributed by atoms with van der Waals surface area (Å²) < 4.78 is 5.20. The van der Waals surface area contributed by atoms with Crippen LogP contribution in [0.2, 0.25) is 0 Å². The fourth-order valence-electron chi connectivity index (χ4n) is 5.19. The number of carboxylic acids is 1. The highest BCUT2D eigenvalue weighted by atomic mass is 16.5. The number of nitrogens with zero attached hydrogens (tertiary/aromatic N) is 2. The Morgan fingerprint density at radius 2 is 1.62 bits per heavy atom. The van der Waals surface area contributed by atoms with Crippen molar-refractivity contribution < 1.29 is 19.4 Å². The number of carboxylic acid groups (broad SMARTS) is 1. The Morgan fingerprint density at radius 1 is 1.00 bits per heavy atom. The Balaban J connectivity index is 1.39. The molecule has 1 amide bonds. The molecule has 4 unspecified atom stereocenters. The standard InChI is InChI=1S/C20H26N2O4/c1-26-16-6-4-15(5-7-16)21-8-10-22(11-9-21)19(23)17-13-2-3-14(12-13)18(17)20(24)25/h4-7,13-14,17-18H,2-3,8-12H2,1H3,(H,24,25). The first-order valence-electron chi connectivity index (χ1n) is 9.49. The molecular formula is C20H26N2O4. The average Bonchev–Trinajstić information content (AvgIpc) is 3.29. The first-order valence-corrected chi connectivity index (χ1v) is 9.49. The van der Waals surface area contributed by atoms with E-state index in [1.54, 1.807) is 7.11 Å². The van der Waals surface area contributed by atoms with E-state index >= 15 is 0 Å². The molecule has 4 rings (SSSR count). The fraction of sp³-hybridized carbons (Fsp3) is 0.600. The SMILES string of the molecule is COc1ccc(N2CCN(C(=O)C3C4CCC(C4)C3C(=O)O)CC2)cc1. The van der Waals surface area contributed by atoms with Crippen LogP contribution in [-0.4, -0.2) is 55.2 Å². The van der Waals surface area contributed by atoms with Crippen molar-refractivity contribution in [2.75, 3.05) is 38.2 Å². The molecule has 1 aromatic rings. The molecule has 3 fully saturated rings. The Hall–Kier alpha value is -2.24. The lowest BCUT2D eigenvalue weighted by atomic mass is 9.78. The highest BCUT2D eigenvalue weighted by molar-refractivity contribution is 5.86. The van der Waals surface area contributed by atoms with Gasteiger partial charge in [-0.15, -0.1) is 0 Å². The molecule has 2 bridgehead atoms. The Labute approximate surface area is 153 Å². The minimum atomic E-state index is -0.785. The van der Waals surface area contributed by atoms with Gasteiger partial charge in [-0.05, 0) is 55.4 Å². The third-order valence-corrected chi connectivity index (χ3v) is 6.52. The van der Waals surface area contributed by atoms with Gasteiger partial charge in [0.05, 0.1) is 18.9 Å². The van der Waals surface area contributed by atoms with Crippen molar-refractivity contribution in [3.63, 3.8) is 0 Å². The lowest BCUT2D eigenvalue weighted by Crippen LogP contribution is -2.52. The molecule has 0 aromatic heterocycles. The van der Waals surface area contributed by atoms with Gasteiger partial charge in [-0.1, -0.05) is 0 Å². The normalized spacial score (nSPS) is 30.5. The van der Waals surface area contributed by atoms with E-state index in [1.165, 1.54) is 0 Å². The molecule has 2 aliphatic carbocycles. The quantitative estimate of drug-likeness (QED) is 0.892. The third-order valence-electron chi connectivity index (χ3n) is 6.52. The topological polar surface area (TPSA) is 70.1 Å². The number of hydrogen-bond donors (Lipinski definition) is 1. The van der Waals surface area contributed by atoms with Crippen molar-refractivity contribution in [1.29, 1.82) is 0 Å². The zero-order chi connectivity index (χ0) is 18.3. The van der Waals surface area contributed by atoms with E-state index in [9.17, 15) is 14.7 Å². The minimum absolute atomic E-state index is 0.0685. The van der Waals surface area contributed by atoms with Crippen LogP contribution in [0.4, 0.5) is 5.69 Å². The molecule has 0 spiro atoms. The molecule has 1 aromatic carbocycles. The second-order valence-corrected chi connectivity index (χ2v) is 7.73. The van der Waals surface area contributed by atoms with Crippen molar-refractivity contribution in [2.24, 2.45) is 23.7 Å². The van der Waals surface area contributed by atoms with Gasteiger partial charge in [-0.3, -0.25) is 9.59 Å². The summed E-state index contributed by atoms with van der Waals surface area (Å²) in [4.78, 5) is 28.9. The monoisotopic (exact) mass is 358 g/mol. The summed E-state index contributed by atoms with van der Waals surface area (Å²) in [5.41, 5.74) is 1.13. The highest BCUT2D eigenvalue weighted by Gasteiger charge is 2.54. The lowest BCUT2D eigenvalue weighted by Gasteiger charge is -2.39. The molecule has 3 aliphatic rings. The number of amides is 1. The molecule has 1 saturated heterocycles. The smallest absolute Gasteiger partial charge is 0.307 e. The number of ether oxygens (including phenoxy) is 1. The minimum Gasteiger partial charge on any atom is -0.497 e. The zero-order valence-corrected chi connectivity index (χ0v) is 15.1. The van der Waals surface area contributed by atoms with Gasteiger partial charge in [0.1, 0.15) is 5.75 Å². The van der Waals surface area contributed by atoms with Crippen LogP contribution < -0.4 is 9.64 Å². The number of piperazine rings is 1. The molecule has 1 heterocycles. The predicted octanol–water partition coefficient (Wildman–Crippen LogP) is 2.09. The maximum Gasteiger partial charge on any atom is 0.307 e. The Kier molecular flexibility index (Phi) is 4.51. The first kappa shape index (κ1) is 17.2. The first-order chi connectivity index (χ1) is 12.6. The maximum atomic E-state index is 13.1. The number of aliphatic carboxylic acids is 1. The van der Waals surface area contributed by atoms with Crippen LogP contribution in [0.5, 0.6) is 5.75 Å². The van der Waals surface area contributed by atoms with Gasteiger partial charge >= 0.3 is 5.97 Å². The number of benzene rings is 1. The van der Waals surface area contributed by atoms with E-state index in [-0.39, 0.29) is 23.7 Å². The Bertz CT molecular complexity index is 682. The van der Waals surface area contributed by atoms with E-state index in [0.29, 0.717) is 13.1 Å². The van der Waals surface area contributed by atoms with Crippen LogP contribution in [-0.2, 0) is 9.59 Å². The van der Waals surface area contributed by atoms with Gasteiger partial charge in [0, 0.05) is 31.9 Å². The summed E-state index contributed by atoms with van der Waals surface area (Å²) in [7, 11) is 1.65. The molecule has 0 radical (unpaired) electrons. The molecule has 140 valence electrons. The molecule has 4 atom stereocenters. The number of carbonyl (C=O) groups is 2. The van der Waals surface area contributed by atoms with Gasteiger partial charge in [0.25, 0.3) is 0 Å². The van der Waals surface area contributed by atoms with Crippen LogP contribution in [0.3, 0.4) is 0 Å². The van der Waals surface area contributed by atoms with Gasteiger partial charge in [0.2, 0.25) is 5.91 Å². The van der Waals surface area contributed by atoms with E-state index in [1.807, 2.05) is 29.2 Å². The number of anilines is 1. The Morgan fingerprint density at radius 3 is 2.19 bits per heavy atom. The van der Waals surface area contributed by atoms with E-state index in [4.69, 9.17) is 4.74 Å². The van der Waals surface area contributed by atoms with Gasteiger partial charge in [0.15, 0.2) is 0 Å². The van der Waals surface area contributed by atoms with Crippen LogP contribution in [0.15, 0.2) is 24.3 Å². The number of rotatable bonds is 4. The van der Waals surface area contributed by atoms with Gasteiger partial charge < -0.3 is 19.6 Å². The van der Waals surface area contributed by atoms with Crippen molar-refractivity contribution in [1.82, 2.24) is 4.90 Å². The second-order valence-electron chi connectivity index (χ2n) is 7.73.